The molecule has 0 radical (unpaired) electrons. The fraction of sp³-hybridized carbons (Fsp3) is 0.0714. The van der Waals surface area contributed by atoms with E-state index in [-0.39, 0.29) is 5.84 Å². The van der Waals surface area contributed by atoms with Crippen molar-refractivity contribution < 1.29 is 9.47 Å². The van der Waals surface area contributed by atoms with Crippen LogP contribution in [0.4, 0.5) is 0 Å². The highest BCUT2D eigenvalue weighted by Crippen LogP contribution is 2.31. The Hall–Kier alpha value is -2.01. The van der Waals surface area contributed by atoms with Crippen LogP contribution in [0.1, 0.15) is 5.56 Å². The Morgan fingerprint density at radius 3 is 2.26 bits per heavy atom. The zero-order valence-corrected chi connectivity index (χ0v) is 11.9. The van der Waals surface area contributed by atoms with E-state index in [1.165, 1.54) is 0 Å². The van der Waals surface area contributed by atoms with E-state index in [0.717, 1.165) is 10.2 Å². The predicted molar refractivity (Wildman–Crippen MR) is 78.2 cm³/mol. The van der Waals surface area contributed by atoms with E-state index in [0.29, 0.717) is 17.1 Å². The van der Waals surface area contributed by atoms with E-state index in [2.05, 4.69) is 15.9 Å². The van der Waals surface area contributed by atoms with Crippen LogP contribution < -0.4 is 15.2 Å². The summed E-state index contributed by atoms with van der Waals surface area (Å²) >= 11 is 3.40. The van der Waals surface area contributed by atoms with Gasteiger partial charge in [0.05, 0.1) is 11.6 Å². The number of halogens is 1. The van der Waals surface area contributed by atoms with Gasteiger partial charge in [-0.1, -0.05) is 0 Å². The van der Waals surface area contributed by atoms with Crippen LogP contribution in [0.5, 0.6) is 17.2 Å². The first kappa shape index (κ1) is 13.4. The normalized spacial score (nSPS) is 10.0. The Morgan fingerprint density at radius 1 is 1.11 bits per heavy atom. The Balaban J connectivity index is 2.20. The minimum atomic E-state index is 0.0247. The van der Waals surface area contributed by atoms with Gasteiger partial charge in [0.15, 0.2) is 0 Å². The molecule has 0 amide bonds. The first-order valence-electron chi connectivity index (χ1n) is 5.56. The monoisotopic (exact) mass is 320 g/mol. The Bertz CT molecular complexity index is 597. The van der Waals surface area contributed by atoms with E-state index in [9.17, 15) is 0 Å². The summed E-state index contributed by atoms with van der Waals surface area (Å²) in [6.45, 7) is 0. The topological polar surface area (TPSA) is 68.3 Å². The highest BCUT2D eigenvalue weighted by molar-refractivity contribution is 9.10. The molecule has 3 N–H and O–H groups in total. The van der Waals surface area contributed by atoms with Gasteiger partial charge in [-0.25, -0.2) is 0 Å². The van der Waals surface area contributed by atoms with Gasteiger partial charge in [0.1, 0.15) is 23.1 Å². The lowest BCUT2D eigenvalue weighted by atomic mass is 10.2. The summed E-state index contributed by atoms with van der Waals surface area (Å²) in [5.41, 5.74) is 6.07. The minimum absolute atomic E-state index is 0.0247. The average molecular weight is 321 g/mol. The van der Waals surface area contributed by atoms with Gasteiger partial charge in [-0.05, 0) is 58.4 Å². The molecule has 0 saturated carbocycles. The standard InChI is InChI=1S/C14H13BrN2O2/c1-18-10-3-5-11(6-4-10)19-13-7-2-9(14(16)17)8-12(13)15/h2-8H,1H3,(H3,16,17). The number of nitrogen functional groups attached to an aromatic ring is 1. The molecule has 19 heavy (non-hydrogen) atoms. The largest absolute Gasteiger partial charge is 0.497 e. The third-order valence-electron chi connectivity index (χ3n) is 2.53. The summed E-state index contributed by atoms with van der Waals surface area (Å²) in [6.07, 6.45) is 0. The van der Waals surface area contributed by atoms with Crippen molar-refractivity contribution in [3.05, 3.63) is 52.5 Å². The van der Waals surface area contributed by atoms with Crippen LogP contribution in [0.15, 0.2) is 46.9 Å². The summed E-state index contributed by atoms with van der Waals surface area (Å²) in [7, 11) is 1.62. The van der Waals surface area contributed by atoms with E-state index in [4.69, 9.17) is 20.6 Å². The third-order valence-corrected chi connectivity index (χ3v) is 3.15. The van der Waals surface area contributed by atoms with Crippen molar-refractivity contribution in [1.29, 1.82) is 5.41 Å². The minimum Gasteiger partial charge on any atom is -0.497 e. The molecule has 0 bridgehead atoms. The molecule has 0 fully saturated rings. The lowest BCUT2D eigenvalue weighted by molar-refractivity contribution is 0.412. The maximum atomic E-state index is 7.37. The molecule has 5 heteroatoms. The molecule has 0 heterocycles. The lowest BCUT2D eigenvalue weighted by Gasteiger charge is -2.09. The van der Waals surface area contributed by atoms with Crippen LogP contribution in [0.25, 0.3) is 0 Å². The molecule has 0 unspecified atom stereocenters. The number of benzene rings is 2. The van der Waals surface area contributed by atoms with Crippen molar-refractivity contribution in [1.82, 2.24) is 0 Å². The predicted octanol–water partition coefficient (Wildman–Crippen LogP) is 3.53. The smallest absolute Gasteiger partial charge is 0.141 e. The molecule has 0 aliphatic heterocycles. The van der Waals surface area contributed by atoms with E-state index in [1.54, 1.807) is 25.3 Å². The summed E-state index contributed by atoms with van der Waals surface area (Å²) in [6, 6.07) is 12.6. The van der Waals surface area contributed by atoms with Gasteiger partial charge in [-0.2, -0.15) is 0 Å². The van der Waals surface area contributed by atoms with Crippen LogP contribution in [0.2, 0.25) is 0 Å². The average Bonchev–Trinajstić information content (AvgIpc) is 2.41. The number of hydrogen-bond acceptors (Lipinski definition) is 3. The van der Waals surface area contributed by atoms with Crippen LogP contribution in [-0.2, 0) is 0 Å². The second-order valence-electron chi connectivity index (χ2n) is 3.84. The zero-order valence-electron chi connectivity index (χ0n) is 10.3. The van der Waals surface area contributed by atoms with Crippen LogP contribution in [-0.4, -0.2) is 12.9 Å². The number of nitrogens with two attached hydrogens (primary N) is 1. The van der Waals surface area contributed by atoms with Crippen molar-refractivity contribution in [3.8, 4) is 17.2 Å². The quantitative estimate of drug-likeness (QED) is 0.668. The fourth-order valence-electron chi connectivity index (χ4n) is 1.52. The number of methoxy groups -OCH3 is 1. The van der Waals surface area contributed by atoms with E-state index in [1.807, 2.05) is 24.3 Å². The fourth-order valence-corrected chi connectivity index (χ4v) is 1.98. The van der Waals surface area contributed by atoms with Crippen molar-refractivity contribution in [2.45, 2.75) is 0 Å². The maximum Gasteiger partial charge on any atom is 0.141 e. The third kappa shape index (κ3) is 3.26. The summed E-state index contributed by atoms with van der Waals surface area (Å²) in [4.78, 5) is 0. The number of amidine groups is 1. The first-order chi connectivity index (χ1) is 9.10. The van der Waals surface area contributed by atoms with Gasteiger partial charge in [0.2, 0.25) is 0 Å². The highest BCUT2D eigenvalue weighted by Gasteiger charge is 2.06. The van der Waals surface area contributed by atoms with E-state index >= 15 is 0 Å². The Kier molecular flexibility index (Phi) is 4.06. The molecule has 0 aliphatic rings. The number of hydrogen-bond donors (Lipinski definition) is 2. The van der Waals surface area contributed by atoms with Crippen molar-refractivity contribution >= 4 is 21.8 Å². The van der Waals surface area contributed by atoms with Gasteiger partial charge >= 0.3 is 0 Å². The second kappa shape index (κ2) is 5.75. The number of rotatable bonds is 4. The summed E-state index contributed by atoms with van der Waals surface area (Å²) in [5.74, 6) is 2.17. The Morgan fingerprint density at radius 2 is 1.74 bits per heavy atom. The van der Waals surface area contributed by atoms with Crippen molar-refractivity contribution in [2.24, 2.45) is 5.73 Å². The molecule has 0 atom stereocenters. The van der Waals surface area contributed by atoms with Gasteiger partial charge < -0.3 is 15.2 Å². The molecule has 2 aromatic carbocycles. The van der Waals surface area contributed by atoms with Gasteiger partial charge in [0, 0.05) is 5.56 Å². The maximum absolute atomic E-state index is 7.37. The van der Waals surface area contributed by atoms with Crippen molar-refractivity contribution in [2.75, 3.05) is 7.11 Å². The second-order valence-corrected chi connectivity index (χ2v) is 4.69. The SMILES string of the molecule is COc1ccc(Oc2ccc(C(=N)N)cc2Br)cc1. The lowest BCUT2D eigenvalue weighted by Crippen LogP contribution is -2.10. The molecular weight excluding hydrogens is 308 g/mol. The zero-order chi connectivity index (χ0) is 13.8. The molecule has 0 saturated heterocycles. The highest BCUT2D eigenvalue weighted by atomic mass is 79.9. The number of ether oxygens (including phenoxy) is 2. The molecule has 0 aromatic heterocycles. The van der Waals surface area contributed by atoms with Crippen LogP contribution in [0.3, 0.4) is 0 Å². The Labute approximate surface area is 119 Å². The summed E-state index contributed by atoms with van der Waals surface area (Å²) in [5, 5.41) is 7.37. The molecule has 0 aliphatic carbocycles. The molecular formula is C14H13BrN2O2. The van der Waals surface area contributed by atoms with E-state index < -0.39 is 0 Å². The molecule has 98 valence electrons. The molecule has 4 nitrogen and oxygen atoms in total. The van der Waals surface area contributed by atoms with Crippen LogP contribution >= 0.6 is 15.9 Å². The number of nitrogens with one attached hydrogen (secondary N) is 1. The van der Waals surface area contributed by atoms with Gasteiger partial charge in [0.25, 0.3) is 0 Å². The molecule has 2 rings (SSSR count). The van der Waals surface area contributed by atoms with Crippen LogP contribution in [0, 0.1) is 5.41 Å². The van der Waals surface area contributed by atoms with Gasteiger partial charge in [-0.3, -0.25) is 5.41 Å². The first-order valence-corrected chi connectivity index (χ1v) is 6.35. The van der Waals surface area contributed by atoms with Gasteiger partial charge in [-0.15, -0.1) is 0 Å². The summed E-state index contributed by atoms with van der Waals surface area (Å²) < 4.78 is 11.6. The molecule has 2 aromatic rings. The molecule has 0 spiro atoms. The van der Waals surface area contributed by atoms with Crippen molar-refractivity contribution in [3.63, 3.8) is 0 Å².